The lowest BCUT2D eigenvalue weighted by molar-refractivity contribution is 0.100. The van der Waals surface area contributed by atoms with Crippen LogP contribution in [0.15, 0.2) is 47.4 Å². The lowest BCUT2D eigenvalue weighted by atomic mass is 10.2. The van der Waals surface area contributed by atoms with Crippen molar-refractivity contribution in [2.24, 2.45) is 5.73 Å². The SMILES string of the molecule is NC(=O)c1cccc(SCc2ccccc2Cl)c1N. The van der Waals surface area contributed by atoms with Gasteiger partial charge in [-0.15, -0.1) is 11.8 Å². The molecule has 5 heteroatoms. The van der Waals surface area contributed by atoms with Gasteiger partial charge in [-0.2, -0.15) is 0 Å². The number of anilines is 1. The molecule has 0 aliphatic rings. The summed E-state index contributed by atoms with van der Waals surface area (Å²) < 4.78 is 0. The molecule has 2 aromatic carbocycles. The number of rotatable bonds is 4. The monoisotopic (exact) mass is 292 g/mol. The van der Waals surface area contributed by atoms with Crippen molar-refractivity contribution in [2.45, 2.75) is 10.6 Å². The Balaban J connectivity index is 2.19. The Morgan fingerprint density at radius 2 is 1.89 bits per heavy atom. The molecule has 0 bridgehead atoms. The van der Waals surface area contributed by atoms with Gasteiger partial charge in [-0.3, -0.25) is 4.79 Å². The Hall–Kier alpha value is -1.65. The molecule has 0 fully saturated rings. The predicted octanol–water partition coefficient (Wildman–Crippen LogP) is 3.31. The summed E-state index contributed by atoms with van der Waals surface area (Å²) in [6.45, 7) is 0. The number of nitrogen functional groups attached to an aromatic ring is 1. The molecule has 0 saturated carbocycles. The van der Waals surface area contributed by atoms with E-state index in [0.717, 1.165) is 15.5 Å². The molecular formula is C14H13ClN2OS. The lowest BCUT2D eigenvalue weighted by Crippen LogP contribution is -2.13. The fourth-order valence-corrected chi connectivity index (χ4v) is 2.94. The van der Waals surface area contributed by atoms with Crippen LogP contribution in [0.25, 0.3) is 0 Å². The first-order valence-corrected chi connectivity index (χ1v) is 7.00. The van der Waals surface area contributed by atoms with E-state index in [1.165, 1.54) is 11.8 Å². The molecule has 0 aliphatic carbocycles. The Labute approximate surface area is 120 Å². The molecule has 19 heavy (non-hydrogen) atoms. The van der Waals surface area contributed by atoms with Crippen LogP contribution in [0.5, 0.6) is 0 Å². The van der Waals surface area contributed by atoms with Crippen molar-refractivity contribution in [2.75, 3.05) is 5.73 Å². The van der Waals surface area contributed by atoms with Gasteiger partial charge in [0.1, 0.15) is 0 Å². The molecule has 2 aromatic rings. The van der Waals surface area contributed by atoms with Gasteiger partial charge < -0.3 is 11.5 Å². The molecule has 0 radical (unpaired) electrons. The highest BCUT2D eigenvalue weighted by Gasteiger charge is 2.10. The Kier molecular flexibility index (Phi) is 4.35. The summed E-state index contributed by atoms with van der Waals surface area (Å²) >= 11 is 7.62. The fourth-order valence-electron chi connectivity index (χ4n) is 1.66. The van der Waals surface area contributed by atoms with E-state index in [1.807, 2.05) is 30.3 Å². The van der Waals surface area contributed by atoms with Crippen molar-refractivity contribution < 1.29 is 4.79 Å². The van der Waals surface area contributed by atoms with E-state index in [2.05, 4.69) is 0 Å². The van der Waals surface area contributed by atoms with Crippen molar-refractivity contribution in [3.63, 3.8) is 0 Å². The molecule has 4 N–H and O–H groups in total. The van der Waals surface area contributed by atoms with Crippen LogP contribution in [-0.4, -0.2) is 5.91 Å². The first kappa shape index (κ1) is 13.8. The maximum absolute atomic E-state index is 11.2. The maximum atomic E-state index is 11.2. The van der Waals surface area contributed by atoms with Gasteiger partial charge in [0, 0.05) is 15.7 Å². The lowest BCUT2D eigenvalue weighted by Gasteiger charge is -2.09. The molecule has 0 heterocycles. The first-order chi connectivity index (χ1) is 9.09. The van der Waals surface area contributed by atoms with Gasteiger partial charge in [-0.05, 0) is 23.8 Å². The zero-order valence-corrected chi connectivity index (χ0v) is 11.7. The molecule has 0 atom stereocenters. The molecule has 0 spiro atoms. The number of para-hydroxylation sites is 1. The number of hydrogen-bond acceptors (Lipinski definition) is 3. The van der Waals surface area contributed by atoms with E-state index in [0.29, 0.717) is 17.0 Å². The number of hydrogen-bond donors (Lipinski definition) is 2. The summed E-state index contributed by atoms with van der Waals surface area (Å²) in [5.74, 6) is 0.171. The standard InChI is InChI=1S/C14H13ClN2OS/c15-11-6-2-1-4-9(11)8-19-12-7-3-5-10(13(12)16)14(17)18/h1-7H,8,16H2,(H2,17,18). The van der Waals surface area contributed by atoms with Gasteiger partial charge in [0.15, 0.2) is 0 Å². The number of primary amides is 1. The summed E-state index contributed by atoms with van der Waals surface area (Å²) in [7, 11) is 0. The first-order valence-electron chi connectivity index (χ1n) is 5.64. The number of carbonyl (C=O) groups is 1. The number of benzene rings is 2. The van der Waals surface area contributed by atoms with E-state index in [4.69, 9.17) is 23.1 Å². The molecular weight excluding hydrogens is 280 g/mol. The van der Waals surface area contributed by atoms with E-state index in [9.17, 15) is 4.79 Å². The quantitative estimate of drug-likeness (QED) is 0.671. The van der Waals surface area contributed by atoms with Gasteiger partial charge in [0.05, 0.1) is 11.3 Å². The summed E-state index contributed by atoms with van der Waals surface area (Å²) in [6.07, 6.45) is 0. The highest BCUT2D eigenvalue weighted by atomic mass is 35.5. The third kappa shape index (κ3) is 3.22. The minimum absolute atomic E-state index is 0.351. The summed E-state index contributed by atoms with van der Waals surface area (Å²) in [4.78, 5) is 12.0. The van der Waals surface area contributed by atoms with Crippen molar-refractivity contribution in [1.82, 2.24) is 0 Å². The normalized spacial score (nSPS) is 10.4. The molecule has 0 aliphatic heterocycles. The highest BCUT2D eigenvalue weighted by Crippen LogP contribution is 2.31. The van der Waals surface area contributed by atoms with Crippen LogP contribution in [0.3, 0.4) is 0 Å². The van der Waals surface area contributed by atoms with Crippen LogP contribution in [0, 0.1) is 0 Å². The van der Waals surface area contributed by atoms with Gasteiger partial charge in [-0.1, -0.05) is 35.9 Å². The second-order valence-corrected chi connectivity index (χ2v) is 5.39. The molecule has 0 unspecified atom stereocenters. The maximum Gasteiger partial charge on any atom is 0.250 e. The topological polar surface area (TPSA) is 69.1 Å². The van der Waals surface area contributed by atoms with E-state index in [1.54, 1.807) is 12.1 Å². The molecule has 1 amide bonds. The Morgan fingerprint density at radius 3 is 2.58 bits per heavy atom. The van der Waals surface area contributed by atoms with Crippen molar-refractivity contribution in [1.29, 1.82) is 0 Å². The molecule has 98 valence electrons. The minimum Gasteiger partial charge on any atom is -0.397 e. The van der Waals surface area contributed by atoms with Crippen molar-refractivity contribution in [3.05, 3.63) is 58.6 Å². The number of amides is 1. The van der Waals surface area contributed by atoms with Crippen LogP contribution in [0.4, 0.5) is 5.69 Å². The number of nitrogens with two attached hydrogens (primary N) is 2. The van der Waals surface area contributed by atoms with Crippen LogP contribution >= 0.6 is 23.4 Å². The zero-order valence-electron chi connectivity index (χ0n) is 10.1. The minimum atomic E-state index is -0.516. The van der Waals surface area contributed by atoms with Gasteiger partial charge in [0.2, 0.25) is 0 Å². The predicted molar refractivity (Wildman–Crippen MR) is 80.4 cm³/mol. The van der Waals surface area contributed by atoms with Crippen molar-refractivity contribution >= 4 is 35.0 Å². The highest BCUT2D eigenvalue weighted by molar-refractivity contribution is 7.98. The Bertz CT molecular complexity index is 616. The summed E-state index contributed by atoms with van der Waals surface area (Å²) in [6, 6.07) is 12.9. The number of thioether (sulfide) groups is 1. The fraction of sp³-hybridized carbons (Fsp3) is 0.0714. The third-order valence-corrected chi connectivity index (χ3v) is 4.16. The largest absolute Gasteiger partial charge is 0.397 e. The van der Waals surface area contributed by atoms with Gasteiger partial charge >= 0.3 is 0 Å². The molecule has 0 saturated heterocycles. The Morgan fingerprint density at radius 1 is 1.16 bits per heavy atom. The van der Waals surface area contributed by atoms with Crippen LogP contribution < -0.4 is 11.5 Å². The van der Waals surface area contributed by atoms with Crippen LogP contribution in [0.2, 0.25) is 5.02 Å². The smallest absolute Gasteiger partial charge is 0.250 e. The third-order valence-electron chi connectivity index (χ3n) is 2.67. The summed E-state index contributed by atoms with van der Waals surface area (Å²) in [5.41, 5.74) is 13.0. The van der Waals surface area contributed by atoms with Crippen LogP contribution in [-0.2, 0) is 5.75 Å². The van der Waals surface area contributed by atoms with E-state index >= 15 is 0 Å². The average Bonchev–Trinajstić information content (AvgIpc) is 2.39. The number of halogens is 1. The molecule has 2 rings (SSSR count). The second-order valence-electron chi connectivity index (χ2n) is 3.96. The number of carbonyl (C=O) groups excluding carboxylic acids is 1. The summed E-state index contributed by atoms with van der Waals surface area (Å²) in [5, 5.41) is 0.722. The van der Waals surface area contributed by atoms with Gasteiger partial charge in [0.25, 0.3) is 5.91 Å². The van der Waals surface area contributed by atoms with Crippen LogP contribution in [0.1, 0.15) is 15.9 Å². The molecule has 0 aromatic heterocycles. The molecule has 3 nitrogen and oxygen atoms in total. The zero-order chi connectivity index (χ0) is 13.8. The van der Waals surface area contributed by atoms with E-state index < -0.39 is 5.91 Å². The van der Waals surface area contributed by atoms with E-state index in [-0.39, 0.29) is 0 Å². The van der Waals surface area contributed by atoms with Gasteiger partial charge in [-0.25, -0.2) is 0 Å². The van der Waals surface area contributed by atoms with Crippen molar-refractivity contribution in [3.8, 4) is 0 Å². The average molecular weight is 293 g/mol. The second kappa shape index (κ2) is 5.99.